The molecule has 6 nitrogen and oxygen atoms in total. The van der Waals surface area contributed by atoms with Crippen LogP contribution >= 0.6 is 22.7 Å². The molecule has 158 valence electrons. The van der Waals surface area contributed by atoms with Gasteiger partial charge in [0.05, 0.1) is 17.0 Å². The number of carbonyl (C=O) groups is 2. The van der Waals surface area contributed by atoms with Crippen LogP contribution in [0, 0.1) is 0 Å². The highest BCUT2D eigenvalue weighted by atomic mass is 32.1. The maximum absolute atomic E-state index is 12.2. The zero-order chi connectivity index (χ0) is 21.6. The highest BCUT2D eigenvalue weighted by Crippen LogP contribution is 2.20. The van der Waals surface area contributed by atoms with Gasteiger partial charge in [0.2, 0.25) is 5.91 Å². The van der Waals surface area contributed by atoms with Gasteiger partial charge in [0.15, 0.2) is 11.7 Å². The Morgan fingerprint density at radius 3 is 2.70 bits per heavy atom. The largest absolute Gasteiger partial charge is 0.484 e. The number of anilines is 1. The molecule has 2 N–H and O–H groups in total. The molecule has 0 fully saturated rings. The summed E-state index contributed by atoms with van der Waals surface area (Å²) >= 11 is 2.53. The molecule has 0 saturated carbocycles. The fraction of sp³-hybridized carbons (Fsp3) is 0.211. The first-order chi connectivity index (χ1) is 14.3. The molecule has 1 aromatic carbocycles. The van der Waals surface area contributed by atoms with Crippen molar-refractivity contribution in [2.24, 2.45) is 0 Å². The van der Waals surface area contributed by atoms with E-state index >= 15 is 0 Å². The van der Waals surface area contributed by atoms with Gasteiger partial charge in [0.25, 0.3) is 5.91 Å². The van der Waals surface area contributed by atoms with Crippen molar-refractivity contribution in [2.75, 3.05) is 11.9 Å². The zero-order valence-corrected chi connectivity index (χ0v) is 17.0. The molecule has 0 radical (unpaired) electrons. The van der Waals surface area contributed by atoms with E-state index in [-0.39, 0.29) is 30.5 Å². The molecule has 2 aromatic heterocycles. The summed E-state index contributed by atoms with van der Waals surface area (Å²) in [4.78, 5) is 28.9. The van der Waals surface area contributed by atoms with Gasteiger partial charge in [-0.1, -0.05) is 18.2 Å². The number of thiazole rings is 1. The lowest BCUT2D eigenvalue weighted by molar-refractivity contribution is -0.153. The normalized spacial score (nSPS) is 11.2. The quantitative estimate of drug-likeness (QED) is 0.532. The van der Waals surface area contributed by atoms with Crippen LogP contribution in [0.5, 0.6) is 5.75 Å². The zero-order valence-electron chi connectivity index (χ0n) is 15.4. The third-order valence-corrected chi connectivity index (χ3v) is 5.32. The van der Waals surface area contributed by atoms with Gasteiger partial charge >= 0.3 is 6.18 Å². The number of halogens is 3. The van der Waals surface area contributed by atoms with E-state index in [4.69, 9.17) is 4.74 Å². The standard InChI is InChI=1S/C19H16F3N3O3S2/c20-19(21,22)11-28-14-4-1-3-12(7-14)9-23-16(26)8-13-10-30-18(24-13)25-17(27)15-5-2-6-29-15/h1-7,10H,8-9,11H2,(H,23,26)(H,24,25,27). The second-order valence-corrected chi connectivity index (χ2v) is 7.89. The summed E-state index contributed by atoms with van der Waals surface area (Å²) in [5.74, 6) is -0.495. The Hall–Kier alpha value is -2.92. The molecule has 0 unspecified atom stereocenters. The van der Waals surface area contributed by atoms with Crippen LogP contribution in [-0.4, -0.2) is 29.6 Å². The lowest BCUT2D eigenvalue weighted by Crippen LogP contribution is -2.24. The summed E-state index contributed by atoms with van der Waals surface area (Å²) in [6, 6.07) is 9.55. The molecule has 30 heavy (non-hydrogen) atoms. The first kappa shape index (κ1) is 21.8. The summed E-state index contributed by atoms with van der Waals surface area (Å²) in [7, 11) is 0. The number of nitrogens with zero attached hydrogens (tertiary/aromatic N) is 1. The van der Waals surface area contributed by atoms with Gasteiger partial charge in [-0.05, 0) is 29.1 Å². The van der Waals surface area contributed by atoms with Gasteiger partial charge in [-0.2, -0.15) is 13.2 Å². The highest BCUT2D eigenvalue weighted by molar-refractivity contribution is 7.14. The van der Waals surface area contributed by atoms with Crippen LogP contribution in [0.15, 0.2) is 47.2 Å². The molecule has 0 saturated heterocycles. The Labute approximate surface area is 177 Å². The highest BCUT2D eigenvalue weighted by Gasteiger charge is 2.28. The number of amides is 2. The number of benzene rings is 1. The topological polar surface area (TPSA) is 80.3 Å². The molecule has 2 amide bonds. The van der Waals surface area contributed by atoms with Crippen LogP contribution in [0.3, 0.4) is 0 Å². The lowest BCUT2D eigenvalue weighted by Gasteiger charge is -2.10. The van der Waals surface area contributed by atoms with Gasteiger partial charge in [-0.3, -0.25) is 14.9 Å². The molecule has 0 aliphatic carbocycles. The van der Waals surface area contributed by atoms with Crippen LogP contribution in [0.25, 0.3) is 0 Å². The number of carbonyl (C=O) groups excluding carboxylic acids is 2. The lowest BCUT2D eigenvalue weighted by atomic mass is 10.2. The Balaban J connectivity index is 1.47. The molecule has 0 aliphatic heterocycles. The SMILES string of the molecule is O=C(Cc1csc(NC(=O)c2cccs2)n1)NCc1cccc(OCC(F)(F)F)c1. The second-order valence-electron chi connectivity index (χ2n) is 6.08. The van der Waals surface area contributed by atoms with E-state index in [1.807, 2.05) is 0 Å². The average molecular weight is 455 g/mol. The molecule has 3 rings (SSSR count). The van der Waals surface area contributed by atoms with Crippen molar-refractivity contribution in [1.29, 1.82) is 0 Å². The number of hydrogen-bond acceptors (Lipinski definition) is 6. The van der Waals surface area contributed by atoms with Crippen molar-refractivity contribution in [3.63, 3.8) is 0 Å². The molecular formula is C19H16F3N3O3S2. The fourth-order valence-corrected chi connectivity index (χ4v) is 3.67. The van der Waals surface area contributed by atoms with E-state index in [1.54, 1.807) is 35.0 Å². The summed E-state index contributed by atoms with van der Waals surface area (Å²) < 4.78 is 41.4. The minimum absolute atomic E-state index is 0.00956. The minimum Gasteiger partial charge on any atom is -0.484 e. The Kier molecular flexibility index (Phi) is 7.06. The predicted molar refractivity (Wildman–Crippen MR) is 108 cm³/mol. The van der Waals surface area contributed by atoms with Crippen LogP contribution in [0.2, 0.25) is 0 Å². The van der Waals surface area contributed by atoms with Crippen LogP contribution < -0.4 is 15.4 Å². The molecule has 0 bridgehead atoms. The van der Waals surface area contributed by atoms with Crippen molar-refractivity contribution in [3.05, 3.63) is 63.3 Å². The number of thiophene rings is 1. The minimum atomic E-state index is -4.42. The average Bonchev–Trinajstić information content (AvgIpc) is 3.37. The van der Waals surface area contributed by atoms with Crippen molar-refractivity contribution in [2.45, 2.75) is 19.1 Å². The number of nitrogens with one attached hydrogen (secondary N) is 2. The predicted octanol–water partition coefficient (Wildman–Crippen LogP) is 4.26. The van der Waals surface area contributed by atoms with Crippen LogP contribution in [-0.2, 0) is 17.8 Å². The van der Waals surface area contributed by atoms with Gasteiger partial charge in [0, 0.05) is 11.9 Å². The van der Waals surface area contributed by atoms with E-state index in [2.05, 4.69) is 15.6 Å². The van der Waals surface area contributed by atoms with E-state index in [9.17, 15) is 22.8 Å². The number of rotatable bonds is 8. The molecule has 2 heterocycles. The number of ether oxygens (including phenoxy) is 1. The molecule has 0 atom stereocenters. The van der Waals surface area contributed by atoms with Crippen molar-refractivity contribution < 1.29 is 27.5 Å². The van der Waals surface area contributed by atoms with Gasteiger partial charge in [-0.15, -0.1) is 22.7 Å². The summed E-state index contributed by atoms with van der Waals surface area (Å²) in [6.07, 6.45) is -4.41. The maximum atomic E-state index is 12.2. The number of alkyl halides is 3. The Morgan fingerprint density at radius 2 is 1.97 bits per heavy atom. The van der Waals surface area contributed by atoms with E-state index in [0.717, 1.165) is 0 Å². The Morgan fingerprint density at radius 1 is 1.13 bits per heavy atom. The van der Waals surface area contributed by atoms with Gasteiger partial charge in [-0.25, -0.2) is 4.98 Å². The van der Waals surface area contributed by atoms with E-state index in [1.165, 1.54) is 34.8 Å². The van der Waals surface area contributed by atoms with Crippen LogP contribution in [0.1, 0.15) is 20.9 Å². The Bertz CT molecular complexity index is 1000. The van der Waals surface area contributed by atoms with Gasteiger partial charge in [0.1, 0.15) is 5.75 Å². The number of aromatic nitrogens is 1. The summed E-state index contributed by atoms with van der Waals surface area (Å²) in [5, 5.41) is 9.23. The summed E-state index contributed by atoms with van der Waals surface area (Å²) in [5.41, 5.74) is 1.10. The monoisotopic (exact) mass is 455 g/mol. The number of hydrogen-bond donors (Lipinski definition) is 2. The molecular weight excluding hydrogens is 439 g/mol. The third-order valence-electron chi connectivity index (χ3n) is 3.65. The van der Waals surface area contributed by atoms with Crippen molar-refractivity contribution >= 4 is 39.6 Å². The fourth-order valence-electron chi connectivity index (χ4n) is 2.35. The second kappa shape index (κ2) is 9.72. The van der Waals surface area contributed by atoms with Crippen molar-refractivity contribution in [3.8, 4) is 5.75 Å². The van der Waals surface area contributed by atoms with Crippen LogP contribution in [0.4, 0.5) is 18.3 Å². The first-order valence-corrected chi connectivity index (χ1v) is 10.4. The third kappa shape index (κ3) is 6.85. The molecule has 0 spiro atoms. The first-order valence-electron chi connectivity index (χ1n) is 8.63. The van der Waals surface area contributed by atoms with E-state index < -0.39 is 12.8 Å². The van der Waals surface area contributed by atoms with Gasteiger partial charge < -0.3 is 10.1 Å². The maximum Gasteiger partial charge on any atom is 0.422 e. The molecule has 0 aliphatic rings. The van der Waals surface area contributed by atoms with Crippen molar-refractivity contribution in [1.82, 2.24) is 10.3 Å². The molecule has 3 aromatic rings. The van der Waals surface area contributed by atoms with E-state index in [0.29, 0.717) is 21.3 Å². The smallest absolute Gasteiger partial charge is 0.422 e. The molecule has 11 heteroatoms. The summed E-state index contributed by atoms with van der Waals surface area (Å²) in [6.45, 7) is -1.24.